The molecule has 0 fully saturated rings. The second kappa shape index (κ2) is 22.6. The van der Waals surface area contributed by atoms with Gasteiger partial charge in [-0.05, 0) is 51.0 Å². The number of aliphatic hydroxyl groups is 1. The highest BCUT2D eigenvalue weighted by Crippen LogP contribution is 2.18. The number of hydrogen-bond donors (Lipinski definition) is 9. The van der Waals surface area contributed by atoms with E-state index in [-0.39, 0.29) is 64.0 Å². The van der Waals surface area contributed by atoms with Crippen LogP contribution in [-0.4, -0.2) is 95.1 Å². The molecule has 0 saturated heterocycles. The number of carbonyl (C=O) groups excluding carboxylic acids is 5. The number of carboxylic acids is 1. The summed E-state index contributed by atoms with van der Waals surface area (Å²) in [5, 5.41) is 24.7. The zero-order valence-electron chi connectivity index (χ0n) is 27.9. The highest BCUT2D eigenvalue weighted by Gasteiger charge is 2.32. The number of benzene rings is 1. The van der Waals surface area contributed by atoms with Gasteiger partial charge in [-0.25, -0.2) is 0 Å². The molecular weight excluding hydrogens is 638 g/mol. The number of aliphatic hydroxyl groups excluding tert-OH is 1. The van der Waals surface area contributed by atoms with Crippen LogP contribution in [0.5, 0.6) is 0 Å². The third-order valence-electron chi connectivity index (χ3n) is 7.59. The van der Waals surface area contributed by atoms with Crippen LogP contribution in [0, 0.1) is 11.8 Å². The Balaban J connectivity index is 3.18. The highest BCUT2D eigenvalue weighted by atomic mass is 16.4. The second-order valence-corrected chi connectivity index (χ2v) is 11.8. The average Bonchev–Trinajstić information content (AvgIpc) is 3.04. The van der Waals surface area contributed by atoms with E-state index in [1.165, 1.54) is 0 Å². The van der Waals surface area contributed by atoms with Gasteiger partial charge in [-0.15, -0.1) is 0 Å². The van der Waals surface area contributed by atoms with Crippen molar-refractivity contribution in [2.24, 2.45) is 50.5 Å². The zero-order valence-corrected chi connectivity index (χ0v) is 27.9. The van der Waals surface area contributed by atoms with Crippen molar-refractivity contribution in [3.8, 4) is 0 Å². The van der Waals surface area contributed by atoms with Gasteiger partial charge in [0, 0.05) is 38.3 Å². The fraction of sp³-hybridized carbons (Fsp3) is 0.562. The molecule has 3 amide bonds. The van der Waals surface area contributed by atoms with Crippen LogP contribution in [-0.2, 0) is 35.2 Å². The number of nitrogens with zero attached hydrogens (tertiary/aromatic N) is 2. The number of amides is 3. The molecule has 0 bridgehead atoms. The number of ketones is 2. The van der Waals surface area contributed by atoms with E-state index >= 15 is 0 Å². The van der Waals surface area contributed by atoms with Gasteiger partial charge >= 0.3 is 5.97 Å². The number of rotatable bonds is 25. The number of aliphatic imine (C=N–C) groups is 2. The minimum absolute atomic E-state index is 0.0344. The molecule has 0 aliphatic carbocycles. The fourth-order valence-electron chi connectivity index (χ4n) is 4.87. The molecule has 0 saturated carbocycles. The van der Waals surface area contributed by atoms with E-state index in [9.17, 15) is 39.0 Å². The van der Waals surface area contributed by atoms with Gasteiger partial charge in [0.2, 0.25) is 17.7 Å². The summed E-state index contributed by atoms with van der Waals surface area (Å²) in [6, 6.07) is 5.16. The van der Waals surface area contributed by atoms with Crippen molar-refractivity contribution in [3.05, 3.63) is 35.9 Å². The summed E-state index contributed by atoms with van der Waals surface area (Å²) in [5.74, 6) is -6.45. The van der Waals surface area contributed by atoms with E-state index in [1.54, 1.807) is 37.3 Å². The van der Waals surface area contributed by atoms with Gasteiger partial charge in [0.05, 0.1) is 30.4 Å². The number of Topliss-reactive ketones (excluding diaryl/α,β-unsaturated/α-hetero) is 2. The van der Waals surface area contributed by atoms with Crippen LogP contribution >= 0.6 is 0 Å². The van der Waals surface area contributed by atoms with Crippen LogP contribution < -0.4 is 39.3 Å². The summed E-state index contributed by atoms with van der Waals surface area (Å²) in [4.78, 5) is 84.1. The maximum atomic E-state index is 13.7. The monoisotopic (exact) mass is 689 g/mol. The van der Waals surface area contributed by atoms with Gasteiger partial charge in [-0.1, -0.05) is 30.3 Å². The van der Waals surface area contributed by atoms with Crippen molar-refractivity contribution in [2.45, 2.75) is 82.8 Å². The molecule has 49 heavy (non-hydrogen) atoms. The van der Waals surface area contributed by atoms with Gasteiger partial charge in [0.1, 0.15) is 6.04 Å². The number of guanidine groups is 1. The van der Waals surface area contributed by atoms with Crippen LogP contribution in [0.1, 0.15) is 63.9 Å². The molecule has 0 unspecified atom stereocenters. The highest BCUT2D eigenvalue weighted by molar-refractivity contribution is 5.95. The smallest absolute Gasteiger partial charge is 0.306 e. The number of amidine groups is 1. The van der Waals surface area contributed by atoms with Gasteiger partial charge in [0.25, 0.3) is 0 Å². The maximum Gasteiger partial charge on any atom is 0.306 e. The topological polar surface area (TPSA) is 322 Å². The van der Waals surface area contributed by atoms with Gasteiger partial charge in [0.15, 0.2) is 17.5 Å². The summed E-state index contributed by atoms with van der Waals surface area (Å²) >= 11 is 0. The van der Waals surface area contributed by atoms with Crippen LogP contribution in [0.4, 0.5) is 0 Å². The Hall–Kier alpha value is -4.90. The summed E-state index contributed by atoms with van der Waals surface area (Å²) in [7, 11) is 0. The molecule has 272 valence electrons. The molecular formula is C32H51N9O8. The van der Waals surface area contributed by atoms with E-state index in [1.807, 2.05) is 0 Å². The molecule has 0 heterocycles. The minimum Gasteiger partial charge on any atom is -0.481 e. The normalized spacial score (nSPS) is 14.4. The molecule has 17 nitrogen and oxygen atoms in total. The van der Waals surface area contributed by atoms with E-state index in [4.69, 9.17) is 28.7 Å². The van der Waals surface area contributed by atoms with Crippen molar-refractivity contribution < 1.29 is 39.0 Å². The van der Waals surface area contributed by atoms with Gasteiger partial charge in [-0.3, -0.25) is 38.8 Å². The predicted molar refractivity (Wildman–Crippen MR) is 183 cm³/mol. The summed E-state index contributed by atoms with van der Waals surface area (Å²) in [5.41, 5.74) is 28.0. The number of primary amides is 1. The number of carbonyl (C=O) groups is 6. The Bertz CT molecular complexity index is 1310. The number of carboxylic acid groups (broad SMARTS) is 1. The lowest BCUT2D eigenvalue weighted by atomic mass is 9.89. The van der Waals surface area contributed by atoms with Gasteiger partial charge in [-0.2, -0.15) is 0 Å². The van der Waals surface area contributed by atoms with Crippen molar-refractivity contribution in [1.29, 1.82) is 0 Å². The van der Waals surface area contributed by atoms with E-state index in [0.29, 0.717) is 17.8 Å². The quantitative estimate of drug-likeness (QED) is 0.0313. The van der Waals surface area contributed by atoms with Crippen molar-refractivity contribution in [3.63, 3.8) is 0 Å². The SMILES string of the molecule is CC(N)=NCCC[C@H](NC(=O)[C@@H](N)CCC(N)=O)C(=O)C[C@@H](Cc1ccccc1)C(=O)N[C@@H](CO)C(=O)C[C@@H](CCCN=C(N)N)C(=O)O. The molecule has 0 aromatic heterocycles. The average molecular weight is 690 g/mol. The maximum absolute atomic E-state index is 13.7. The van der Waals surface area contributed by atoms with Crippen molar-refractivity contribution in [1.82, 2.24) is 10.6 Å². The first-order valence-electron chi connectivity index (χ1n) is 16.0. The van der Waals surface area contributed by atoms with Gasteiger partial charge < -0.3 is 49.5 Å². The lowest BCUT2D eigenvalue weighted by Gasteiger charge is -2.24. The molecule has 0 radical (unpaired) electrons. The van der Waals surface area contributed by atoms with Crippen molar-refractivity contribution >= 4 is 47.1 Å². The predicted octanol–water partition coefficient (Wildman–Crippen LogP) is -1.77. The molecule has 1 aromatic carbocycles. The molecule has 14 N–H and O–H groups in total. The lowest BCUT2D eigenvalue weighted by Crippen LogP contribution is -2.50. The Morgan fingerprint density at radius 2 is 1.35 bits per heavy atom. The largest absolute Gasteiger partial charge is 0.481 e. The molecule has 5 atom stereocenters. The molecule has 0 spiro atoms. The lowest BCUT2D eigenvalue weighted by molar-refractivity contribution is -0.144. The van der Waals surface area contributed by atoms with E-state index in [2.05, 4.69) is 20.6 Å². The Kier molecular flexibility index (Phi) is 19.5. The molecule has 17 heteroatoms. The Labute approximate surface area is 285 Å². The molecule has 0 aliphatic heterocycles. The third-order valence-corrected chi connectivity index (χ3v) is 7.59. The first kappa shape index (κ1) is 42.1. The molecule has 1 aromatic rings. The number of hydrogen-bond acceptors (Lipinski definition) is 10. The molecule has 0 aliphatic rings. The van der Waals surface area contributed by atoms with E-state index < -0.39 is 78.2 Å². The third kappa shape index (κ3) is 17.7. The summed E-state index contributed by atoms with van der Waals surface area (Å²) in [6.45, 7) is 1.24. The fourth-order valence-corrected chi connectivity index (χ4v) is 4.87. The second-order valence-electron chi connectivity index (χ2n) is 11.8. The van der Waals surface area contributed by atoms with Crippen LogP contribution in [0.3, 0.4) is 0 Å². The number of nitrogens with two attached hydrogens (primary N) is 5. The minimum atomic E-state index is -1.43. The number of nitrogens with one attached hydrogen (secondary N) is 2. The first-order valence-corrected chi connectivity index (χ1v) is 16.0. The Morgan fingerprint density at radius 1 is 0.776 bits per heavy atom. The summed E-state index contributed by atoms with van der Waals surface area (Å²) < 4.78 is 0. The van der Waals surface area contributed by atoms with Crippen LogP contribution in [0.2, 0.25) is 0 Å². The van der Waals surface area contributed by atoms with Crippen molar-refractivity contribution in [2.75, 3.05) is 19.7 Å². The zero-order chi connectivity index (χ0) is 36.9. The summed E-state index contributed by atoms with van der Waals surface area (Å²) in [6.07, 6.45) is -0.0781. The van der Waals surface area contributed by atoms with E-state index in [0.717, 1.165) is 0 Å². The standard InChI is InChI=1S/C32H51N9O8/c1-19(33)38-13-6-10-24(40-30(47)23(34)11-12-28(35)45)26(43)17-22(15-20-7-3-2-4-8-20)29(46)41-25(18-42)27(44)16-21(31(48)49)9-5-14-39-32(36)37/h2-4,7-8,21-25,42H,5-6,9-18,34H2,1H3,(H2,33,38)(H2,35,45)(H,40,47)(H,41,46)(H,48,49)(H4,36,37,39)/t21-,22-,23+,24+,25+/m1/s1. The van der Waals surface area contributed by atoms with Crippen LogP contribution in [0.25, 0.3) is 0 Å². The number of aliphatic carboxylic acids is 1. The first-order chi connectivity index (χ1) is 23.1. The molecule has 1 rings (SSSR count). The Morgan fingerprint density at radius 3 is 1.92 bits per heavy atom. The van der Waals surface area contributed by atoms with Crippen LogP contribution in [0.15, 0.2) is 40.3 Å².